The van der Waals surface area contributed by atoms with Gasteiger partial charge in [0, 0.05) is 11.0 Å². The first kappa shape index (κ1) is 15.5. The lowest BCUT2D eigenvalue weighted by atomic mass is 10.2. The smallest absolute Gasteiger partial charge is 0.262 e. The Labute approximate surface area is 132 Å². The Morgan fingerprint density at radius 1 is 1.35 bits per heavy atom. The predicted molar refractivity (Wildman–Crippen MR) is 88.7 cm³/mol. The Kier molecular flexibility index (Phi) is 5.23. The van der Waals surface area contributed by atoms with Gasteiger partial charge in [0.25, 0.3) is 5.56 Å². The van der Waals surface area contributed by atoms with Gasteiger partial charge in [-0.05, 0) is 51.7 Å². The fourth-order valence-corrected chi connectivity index (χ4v) is 2.74. The topological polar surface area (TPSA) is 38.1 Å². The molecule has 2 rings (SSSR count). The average molecular weight is 356 g/mol. The van der Waals surface area contributed by atoms with E-state index in [1.54, 1.807) is 4.57 Å². The van der Waals surface area contributed by atoms with E-state index >= 15 is 0 Å². The minimum atomic E-state index is -0.0221. The van der Waals surface area contributed by atoms with Crippen molar-refractivity contribution >= 4 is 39.5 Å². The molecular weight excluding hydrogens is 338 g/mol. The molecule has 20 heavy (non-hydrogen) atoms. The highest BCUT2D eigenvalue weighted by atomic mass is 79.9. The monoisotopic (exact) mass is 355 g/mol. The lowest BCUT2D eigenvalue weighted by Gasteiger charge is -2.12. The number of unbranched alkanes of at least 4 members (excludes halogenated alkanes) is 1. The lowest BCUT2D eigenvalue weighted by Crippen LogP contribution is -2.23. The molecule has 0 saturated carbocycles. The van der Waals surface area contributed by atoms with Crippen LogP contribution in [0.3, 0.4) is 0 Å². The number of halogens is 1. The van der Waals surface area contributed by atoms with Gasteiger partial charge in [-0.25, -0.2) is 4.98 Å². The Morgan fingerprint density at radius 3 is 2.80 bits per heavy atom. The van der Waals surface area contributed by atoms with Crippen molar-refractivity contribution in [2.24, 2.45) is 0 Å². The van der Waals surface area contributed by atoms with Gasteiger partial charge in [-0.3, -0.25) is 9.36 Å². The van der Waals surface area contributed by atoms with Crippen molar-refractivity contribution in [3.8, 4) is 0 Å². The van der Waals surface area contributed by atoms with E-state index in [4.69, 9.17) is 0 Å². The standard InChI is InChI=1S/C14H18BrN3OS/c1-17(2)7-3-4-8-18-13(19)11-9-10(15)5-6-12(11)16-14(18)20/h5-6,9H,3-4,7-8H2,1-2H3,(H,16,20). The zero-order valence-corrected chi connectivity index (χ0v) is 14.1. The molecule has 1 heterocycles. The van der Waals surface area contributed by atoms with Crippen molar-refractivity contribution in [3.63, 3.8) is 0 Å². The van der Waals surface area contributed by atoms with Crippen LogP contribution in [0.2, 0.25) is 0 Å². The lowest BCUT2D eigenvalue weighted by molar-refractivity contribution is 0.384. The minimum Gasteiger partial charge on any atom is -0.309 e. The van der Waals surface area contributed by atoms with E-state index in [2.05, 4.69) is 38.4 Å². The summed E-state index contributed by atoms with van der Waals surface area (Å²) in [7, 11) is 4.09. The van der Waals surface area contributed by atoms with Gasteiger partial charge in [-0.2, -0.15) is 0 Å². The first-order chi connectivity index (χ1) is 9.49. The fourth-order valence-electron chi connectivity index (χ4n) is 2.08. The molecule has 0 saturated heterocycles. The minimum absolute atomic E-state index is 0.0221. The van der Waals surface area contributed by atoms with E-state index in [1.165, 1.54) is 0 Å². The summed E-state index contributed by atoms with van der Waals surface area (Å²) in [6, 6.07) is 5.52. The molecule has 0 spiro atoms. The number of aromatic nitrogens is 2. The third kappa shape index (κ3) is 3.62. The summed E-state index contributed by atoms with van der Waals surface area (Å²) < 4.78 is 2.53. The summed E-state index contributed by atoms with van der Waals surface area (Å²) in [6.07, 6.45) is 1.98. The molecule has 0 atom stereocenters. The molecule has 4 nitrogen and oxygen atoms in total. The highest BCUT2D eigenvalue weighted by Gasteiger charge is 2.08. The van der Waals surface area contributed by atoms with Crippen LogP contribution in [0.25, 0.3) is 10.9 Å². The van der Waals surface area contributed by atoms with Gasteiger partial charge in [0.2, 0.25) is 0 Å². The van der Waals surface area contributed by atoms with Crippen molar-refractivity contribution in [1.82, 2.24) is 14.5 Å². The molecule has 1 aromatic carbocycles. The fraction of sp³-hybridized carbons (Fsp3) is 0.429. The summed E-state index contributed by atoms with van der Waals surface area (Å²) in [5.41, 5.74) is 0.666. The van der Waals surface area contributed by atoms with Crippen molar-refractivity contribution in [1.29, 1.82) is 0 Å². The summed E-state index contributed by atoms with van der Waals surface area (Å²) in [6.45, 7) is 1.67. The second kappa shape index (κ2) is 6.74. The van der Waals surface area contributed by atoms with E-state index in [1.807, 2.05) is 32.3 Å². The van der Waals surface area contributed by atoms with Crippen molar-refractivity contribution in [2.45, 2.75) is 24.5 Å². The molecule has 2 aromatic rings. The molecule has 0 fully saturated rings. The van der Waals surface area contributed by atoms with Gasteiger partial charge in [0.05, 0.1) is 10.9 Å². The average Bonchev–Trinajstić information content (AvgIpc) is 2.38. The van der Waals surface area contributed by atoms with Crippen LogP contribution in [0.5, 0.6) is 0 Å². The molecular formula is C14H18BrN3OS. The Morgan fingerprint density at radius 2 is 2.10 bits per heavy atom. The van der Waals surface area contributed by atoms with Crippen LogP contribution in [0, 0.1) is 0 Å². The van der Waals surface area contributed by atoms with Crippen molar-refractivity contribution in [2.75, 3.05) is 20.6 Å². The van der Waals surface area contributed by atoms with Gasteiger partial charge >= 0.3 is 0 Å². The summed E-state index contributed by atoms with van der Waals surface area (Å²) in [4.78, 5) is 19.0. The van der Waals surface area contributed by atoms with Gasteiger partial charge in [0.1, 0.15) is 0 Å². The van der Waals surface area contributed by atoms with Crippen LogP contribution in [0.1, 0.15) is 12.8 Å². The van der Waals surface area contributed by atoms with Gasteiger partial charge < -0.3 is 4.90 Å². The molecule has 6 heteroatoms. The first-order valence-electron chi connectivity index (χ1n) is 6.53. The normalized spacial score (nSPS) is 11.4. The molecule has 0 aliphatic heterocycles. The van der Waals surface area contributed by atoms with Gasteiger partial charge in [-0.15, -0.1) is 12.6 Å². The van der Waals surface area contributed by atoms with Crippen molar-refractivity contribution < 1.29 is 0 Å². The zero-order valence-electron chi connectivity index (χ0n) is 11.6. The number of nitrogens with zero attached hydrogens (tertiary/aromatic N) is 3. The predicted octanol–water partition coefficient (Wildman–Crippen LogP) is 2.79. The summed E-state index contributed by atoms with van der Waals surface area (Å²) in [5.74, 6) is 0. The Bertz CT molecular complexity index is 669. The number of fused-ring (bicyclic) bond motifs is 1. The maximum atomic E-state index is 12.5. The van der Waals surface area contributed by atoms with Crippen LogP contribution in [-0.4, -0.2) is 35.1 Å². The summed E-state index contributed by atoms with van der Waals surface area (Å²) >= 11 is 7.73. The number of benzene rings is 1. The van der Waals surface area contributed by atoms with Gasteiger partial charge in [-0.1, -0.05) is 15.9 Å². The van der Waals surface area contributed by atoms with Crippen LogP contribution in [0.15, 0.2) is 32.6 Å². The quantitative estimate of drug-likeness (QED) is 0.509. The third-order valence-electron chi connectivity index (χ3n) is 3.13. The van der Waals surface area contributed by atoms with E-state index < -0.39 is 0 Å². The molecule has 0 amide bonds. The highest BCUT2D eigenvalue weighted by molar-refractivity contribution is 9.10. The van der Waals surface area contributed by atoms with Crippen LogP contribution in [0.4, 0.5) is 0 Å². The second-order valence-corrected chi connectivity index (χ2v) is 6.36. The number of hydrogen-bond acceptors (Lipinski definition) is 4. The highest BCUT2D eigenvalue weighted by Crippen LogP contribution is 2.17. The first-order valence-corrected chi connectivity index (χ1v) is 7.77. The molecule has 1 aromatic heterocycles. The van der Waals surface area contributed by atoms with Crippen LogP contribution < -0.4 is 5.56 Å². The number of hydrogen-bond donors (Lipinski definition) is 1. The molecule has 0 aliphatic rings. The summed E-state index contributed by atoms with van der Waals surface area (Å²) in [5, 5.41) is 1.11. The van der Waals surface area contributed by atoms with Crippen LogP contribution in [-0.2, 0) is 6.54 Å². The Balaban J connectivity index is 2.27. The SMILES string of the molecule is CN(C)CCCCn1c(S)nc2ccc(Br)cc2c1=O. The third-order valence-corrected chi connectivity index (χ3v) is 3.97. The van der Waals surface area contributed by atoms with Crippen LogP contribution >= 0.6 is 28.6 Å². The molecule has 0 bridgehead atoms. The maximum absolute atomic E-state index is 12.5. The zero-order chi connectivity index (χ0) is 14.7. The van der Waals surface area contributed by atoms with E-state index in [0.29, 0.717) is 22.6 Å². The largest absolute Gasteiger partial charge is 0.309 e. The van der Waals surface area contributed by atoms with E-state index in [-0.39, 0.29) is 5.56 Å². The van der Waals surface area contributed by atoms with Crippen molar-refractivity contribution in [3.05, 3.63) is 33.0 Å². The molecule has 0 unspecified atom stereocenters. The van der Waals surface area contributed by atoms with E-state index in [9.17, 15) is 4.79 Å². The second-order valence-electron chi connectivity index (χ2n) is 5.04. The molecule has 0 radical (unpaired) electrons. The molecule has 0 aliphatic carbocycles. The van der Waals surface area contributed by atoms with E-state index in [0.717, 1.165) is 23.9 Å². The molecule has 0 N–H and O–H groups in total. The Hall–Kier alpha value is -0.850. The number of thiol groups is 1. The van der Waals surface area contributed by atoms with Gasteiger partial charge in [0.15, 0.2) is 5.16 Å². The number of rotatable bonds is 5. The molecule has 108 valence electrons. The maximum Gasteiger partial charge on any atom is 0.262 e.